The van der Waals surface area contributed by atoms with Crippen molar-refractivity contribution in [3.8, 4) is 0 Å². The number of nitrogens with two attached hydrogens (primary N) is 1. The quantitative estimate of drug-likeness (QED) is 0.635. The second-order valence-electron chi connectivity index (χ2n) is 3.77. The number of nitrogens with zero attached hydrogens (tertiary/aromatic N) is 1. The average molecular weight is 245 g/mol. The first-order valence-electron chi connectivity index (χ1n) is 5.20. The van der Waals surface area contributed by atoms with Gasteiger partial charge in [0.05, 0.1) is 0 Å². The van der Waals surface area contributed by atoms with Crippen molar-refractivity contribution >= 4 is 17.6 Å². The van der Waals surface area contributed by atoms with Crippen LogP contribution in [0.4, 0.5) is 14.6 Å². The number of hydrogen-bond acceptors (Lipinski definition) is 4. The van der Waals surface area contributed by atoms with Crippen molar-refractivity contribution in [2.24, 2.45) is 5.84 Å². The van der Waals surface area contributed by atoms with Gasteiger partial charge in [0, 0.05) is 11.3 Å². The molecular formula is C10H13F2N3S. The van der Waals surface area contributed by atoms with E-state index in [2.05, 4.69) is 10.4 Å². The molecule has 1 aliphatic carbocycles. The van der Waals surface area contributed by atoms with Crippen molar-refractivity contribution in [2.45, 2.75) is 36.0 Å². The highest BCUT2D eigenvalue weighted by atomic mass is 32.2. The number of hydrazine groups is 1. The number of thioether (sulfide) groups is 1. The summed E-state index contributed by atoms with van der Waals surface area (Å²) in [6.45, 7) is 0. The van der Waals surface area contributed by atoms with Gasteiger partial charge in [-0.1, -0.05) is 24.6 Å². The van der Waals surface area contributed by atoms with Crippen molar-refractivity contribution in [1.29, 1.82) is 0 Å². The Kier molecular flexibility index (Phi) is 3.60. The summed E-state index contributed by atoms with van der Waals surface area (Å²) >= 11 is 1.37. The van der Waals surface area contributed by atoms with Gasteiger partial charge in [0.1, 0.15) is 5.03 Å². The summed E-state index contributed by atoms with van der Waals surface area (Å²) in [7, 11) is 0. The van der Waals surface area contributed by atoms with E-state index in [1.165, 1.54) is 24.6 Å². The summed E-state index contributed by atoms with van der Waals surface area (Å²) < 4.78 is 26.5. The lowest BCUT2D eigenvalue weighted by Crippen LogP contribution is -2.12. The predicted molar refractivity (Wildman–Crippen MR) is 60.1 cm³/mol. The van der Waals surface area contributed by atoms with Crippen LogP contribution in [-0.4, -0.2) is 10.2 Å². The maximum atomic E-state index is 13.4. The number of anilines is 1. The molecule has 0 atom stereocenters. The molecule has 0 radical (unpaired) electrons. The van der Waals surface area contributed by atoms with Crippen LogP contribution < -0.4 is 11.3 Å². The second kappa shape index (κ2) is 4.97. The fraction of sp³-hybridized carbons (Fsp3) is 0.500. The van der Waals surface area contributed by atoms with Gasteiger partial charge >= 0.3 is 0 Å². The van der Waals surface area contributed by atoms with Crippen LogP contribution in [0.25, 0.3) is 0 Å². The molecule has 0 bridgehead atoms. The summed E-state index contributed by atoms with van der Waals surface area (Å²) in [5, 5.41) is 0.610. The van der Waals surface area contributed by atoms with Gasteiger partial charge in [0.25, 0.3) is 0 Å². The van der Waals surface area contributed by atoms with E-state index in [1.54, 1.807) is 0 Å². The minimum absolute atomic E-state index is 0.109. The molecule has 1 saturated carbocycles. The normalized spacial score (nSPS) is 16.7. The number of nitrogens with one attached hydrogen (secondary N) is 1. The van der Waals surface area contributed by atoms with E-state index in [1.807, 2.05) is 0 Å². The highest BCUT2D eigenvalue weighted by molar-refractivity contribution is 7.99. The molecule has 3 nitrogen and oxygen atoms in total. The van der Waals surface area contributed by atoms with Gasteiger partial charge in [-0.3, -0.25) is 0 Å². The van der Waals surface area contributed by atoms with E-state index < -0.39 is 11.6 Å². The summed E-state index contributed by atoms with van der Waals surface area (Å²) in [5.41, 5.74) is 2.12. The number of hydrogen-bond donors (Lipinski definition) is 2. The maximum absolute atomic E-state index is 13.4. The van der Waals surface area contributed by atoms with Gasteiger partial charge in [0.2, 0.25) is 0 Å². The maximum Gasteiger partial charge on any atom is 0.177 e. The Hall–Kier alpha value is -0.880. The third kappa shape index (κ3) is 2.44. The SMILES string of the molecule is NNc1nc(SC2CCCC2)c(F)cc1F. The Balaban J connectivity index is 2.18. The Morgan fingerprint density at radius 1 is 1.31 bits per heavy atom. The molecule has 1 heterocycles. The molecule has 0 amide bonds. The van der Waals surface area contributed by atoms with Crippen molar-refractivity contribution < 1.29 is 8.78 Å². The molecule has 3 N–H and O–H groups in total. The average Bonchev–Trinajstić information content (AvgIpc) is 2.75. The zero-order chi connectivity index (χ0) is 11.5. The molecular weight excluding hydrogens is 232 g/mol. The number of pyridine rings is 1. The van der Waals surface area contributed by atoms with Crippen LogP contribution in [-0.2, 0) is 0 Å². The van der Waals surface area contributed by atoms with Crippen LogP contribution >= 0.6 is 11.8 Å². The first-order valence-corrected chi connectivity index (χ1v) is 6.08. The van der Waals surface area contributed by atoms with Crippen molar-refractivity contribution in [3.63, 3.8) is 0 Å². The van der Waals surface area contributed by atoms with E-state index >= 15 is 0 Å². The molecule has 0 aromatic carbocycles. The first-order chi connectivity index (χ1) is 7.70. The van der Waals surface area contributed by atoms with Crippen LogP contribution in [0.15, 0.2) is 11.1 Å². The lowest BCUT2D eigenvalue weighted by molar-refractivity contribution is 0.550. The van der Waals surface area contributed by atoms with Gasteiger partial charge in [-0.05, 0) is 12.8 Å². The fourth-order valence-corrected chi connectivity index (χ4v) is 3.00. The van der Waals surface area contributed by atoms with E-state index in [0.717, 1.165) is 18.9 Å². The summed E-state index contributed by atoms with van der Waals surface area (Å²) in [6, 6.07) is 0.819. The van der Waals surface area contributed by atoms with Crippen LogP contribution in [0.3, 0.4) is 0 Å². The molecule has 16 heavy (non-hydrogen) atoms. The summed E-state index contributed by atoms with van der Waals surface area (Å²) in [4.78, 5) is 3.83. The van der Waals surface area contributed by atoms with Crippen LogP contribution in [0.1, 0.15) is 25.7 Å². The summed E-state index contributed by atoms with van der Waals surface area (Å²) in [5.74, 6) is 3.60. The highest BCUT2D eigenvalue weighted by Gasteiger charge is 2.20. The van der Waals surface area contributed by atoms with Crippen LogP contribution in [0, 0.1) is 11.6 Å². The Labute approximate surface area is 96.8 Å². The molecule has 0 unspecified atom stereocenters. The van der Waals surface area contributed by atoms with Crippen molar-refractivity contribution in [3.05, 3.63) is 17.7 Å². The number of rotatable bonds is 3. The smallest absolute Gasteiger partial charge is 0.177 e. The van der Waals surface area contributed by atoms with E-state index in [0.29, 0.717) is 5.25 Å². The molecule has 6 heteroatoms. The molecule has 1 aliphatic rings. The van der Waals surface area contributed by atoms with E-state index in [-0.39, 0.29) is 10.8 Å². The molecule has 1 fully saturated rings. The largest absolute Gasteiger partial charge is 0.306 e. The fourth-order valence-electron chi connectivity index (χ4n) is 1.80. The topological polar surface area (TPSA) is 50.9 Å². The number of halogens is 2. The van der Waals surface area contributed by atoms with Gasteiger partial charge < -0.3 is 5.43 Å². The predicted octanol–water partition coefficient (Wildman–Crippen LogP) is 2.68. The van der Waals surface area contributed by atoms with Crippen molar-refractivity contribution in [2.75, 3.05) is 5.43 Å². The van der Waals surface area contributed by atoms with E-state index in [4.69, 9.17) is 5.84 Å². The van der Waals surface area contributed by atoms with Crippen molar-refractivity contribution in [1.82, 2.24) is 4.98 Å². The summed E-state index contributed by atoms with van der Waals surface area (Å²) in [6.07, 6.45) is 4.47. The standard InChI is InChI=1S/C10H13F2N3S/c11-7-5-8(12)10(14-9(7)15-13)16-6-3-1-2-4-6/h5-6H,1-4,13H2,(H,14,15). The van der Waals surface area contributed by atoms with Crippen LogP contribution in [0.5, 0.6) is 0 Å². The highest BCUT2D eigenvalue weighted by Crippen LogP contribution is 2.35. The number of aromatic nitrogens is 1. The second-order valence-corrected chi connectivity index (χ2v) is 5.06. The van der Waals surface area contributed by atoms with Gasteiger partial charge in [0.15, 0.2) is 17.5 Å². The monoisotopic (exact) mass is 245 g/mol. The van der Waals surface area contributed by atoms with Crippen LogP contribution in [0.2, 0.25) is 0 Å². The third-order valence-electron chi connectivity index (χ3n) is 2.61. The molecule has 88 valence electrons. The Morgan fingerprint density at radius 3 is 2.62 bits per heavy atom. The molecule has 1 aromatic rings. The zero-order valence-electron chi connectivity index (χ0n) is 8.67. The lowest BCUT2D eigenvalue weighted by atomic mass is 10.4. The van der Waals surface area contributed by atoms with E-state index in [9.17, 15) is 8.78 Å². The third-order valence-corrected chi connectivity index (χ3v) is 3.93. The minimum Gasteiger partial charge on any atom is -0.306 e. The molecule has 1 aromatic heterocycles. The zero-order valence-corrected chi connectivity index (χ0v) is 9.49. The molecule has 0 saturated heterocycles. The van der Waals surface area contributed by atoms with Gasteiger partial charge in [-0.25, -0.2) is 19.6 Å². The van der Waals surface area contributed by atoms with Gasteiger partial charge in [-0.2, -0.15) is 0 Å². The molecule has 0 aliphatic heterocycles. The minimum atomic E-state index is -0.768. The Morgan fingerprint density at radius 2 is 2.00 bits per heavy atom. The number of nitrogen functional groups attached to an aromatic ring is 1. The first kappa shape index (κ1) is 11.6. The lowest BCUT2D eigenvalue weighted by Gasteiger charge is -2.10. The Bertz CT molecular complexity index is 381. The molecule has 0 spiro atoms. The molecule has 2 rings (SSSR count). The van der Waals surface area contributed by atoms with Gasteiger partial charge in [-0.15, -0.1) is 0 Å².